The molecule has 21 heavy (non-hydrogen) atoms. The van der Waals surface area contributed by atoms with Gasteiger partial charge in [0.15, 0.2) is 11.6 Å². The van der Waals surface area contributed by atoms with E-state index in [9.17, 15) is 9.50 Å². The first-order valence-corrected chi connectivity index (χ1v) is 7.27. The van der Waals surface area contributed by atoms with Crippen LogP contribution in [0.1, 0.15) is 50.3 Å². The first kappa shape index (κ1) is 15.5. The van der Waals surface area contributed by atoms with Crippen LogP contribution in [0.4, 0.5) is 4.39 Å². The van der Waals surface area contributed by atoms with Gasteiger partial charge in [0.1, 0.15) is 5.75 Å². The van der Waals surface area contributed by atoms with E-state index in [1.807, 2.05) is 24.3 Å². The van der Waals surface area contributed by atoms with E-state index in [1.54, 1.807) is 19.1 Å². The summed E-state index contributed by atoms with van der Waals surface area (Å²) in [6, 6.07) is 12.2. The lowest BCUT2D eigenvalue weighted by molar-refractivity contribution is 0.194. The van der Waals surface area contributed by atoms with Gasteiger partial charge in [-0.2, -0.15) is 0 Å². The molecule has 2 rings (SSSR count). The average molecular weight is 288 g/mol. The summed E-state index contributed by atoms with van der Waals surface area (Å²) in [5.41, 5.74) is 1.68. The van der Waals surface area contributed by atoms with E-state index in [4.69, 9.17) is 4.74 Å². The van der Waals surface area contributed by atoms with E-state index in [1.165, 1.54) is 11.6 Å². The molecule has 0 heterocycles. The number of ether oxygens (including phenoxy) is 1. The Hall–Kier alpha value is -1.87. The lowest BCUT2D eigenvalue weighted by Gasteiger charge is -2.15. The second kappa shape index (κ2) is 6.72. The normalized spacial score (nSPS) is 13.8. The van der Waals surface area contributed by atoms with Gasteiger partial charge in [-0.25, -0.2) is 4.39 Å². The molecule has 0 aromatic heterocycles. The summed E-state index contributed by atoms with van der Waals surface area (Å²) >= 11 is 0. The lowest BCUT2D eigenvalue weighted by Crippen LogP contribution is -1.99. The lowest BCUT2D eigenvalue weighted by atomic mass is 9.99. The summed E-state index contributed by atoms with van der Waals surface area (Å²) in [6.45, 7) is 5.90. The summed E-state index contributed by atoms with van der Waals surface area (Å²) in [6.07, 6.45) is 0.287. The van der Waals surface area contributed by atoms with E-state index < -0.39 is 11.9 Å². The van der Waals surface area contributed by atoms with Crippen molar-refractivity contribution in [2.45, 2.75) is 39.2 Å². The Kier molecular flexibility index (Phi) is 4.97. The molecule has 0 spiro atoms. The first-order chi connectivity index (χ1) is 10.0. The number of aliphatic hydroxyl groups excluding tert-OH is 1. The molecule has 0 aliphatic heterocycles. The van der Waals surface area contributed by atoms with Crippen LogP contribution in [-0.4, -0.2) is 5.11 Å². The number of hydrogen-bond acceptors (Lipinski definition) is 2. The molecule has 0 amide bonds. The summed E-state index contributed by atoms with van der Waals surface area (Å²) in [5, 5.41) is 9.71. The Morgan fingerprint density at radius 1 is 1.10 bits per heavy atom. The smallest absolute Gasteiger partial charge is 0.168 e. The molecular formula is C18H21FO2. The van der Waals surface area contributed by atoms with Crippen LogP contribution in [0, 0.1) is 5.82 Å². The molecule has 2 aromatic rings. The molecule has 2 atom stereocenters. The fraction of sp³-hybridized carbons (Fsp3) is 0.333. The molecule has 112 valence electrons. The molecule has 2 nitrogen and oxygen atoms in total. The minimum atomic E-state index is -0.782. The monoisotopic (exact) mass is 288 g/mol. The van der Waals surface area contributed by atoms with Gasteiger partial charge in [-0.3, -0.25) is 0 Å². The maximum Gasteiger partial charge on any atom is 0.168 e. The van der Waals surface area contributed by atoms with Crippen LogP contribution >= 0.6 is 0 Å². The van der Waals surface area contributed by atoms with Crippen molar-refractivity contribution in [2.75, 3.05) is 0 Å². The van der Waals surface area contributed by atoms with Crippen molar-refractivity contribution >= 4 is 0 Å². The third kappa shape index (κ3) is 3.61. The van der Waals surface area contributed by atoms with Gasteiger partial charge >= 0.3 is 0 Å². The molecule has 3 heteroatoms. The van der Waals surface area contributed by atoms with Crippen molar-refractivity contribution in [3.05, 3.63) is 59.4 Å². The molecule has 2 aromatic carbocycles. The van der Waals surface area contributed by atoms with Gasteiger partial charge < -0.3 is 9.84 Å². The highest BCUT2D eigenvalue weighted by Gasteiger charge is 2.14. The Morgan fingerprint density at radius 2 is 1.76 bits per heavy atom. The van der Waals surface area contributed by atoms with Crippen LogP contribution in [0.3, 0.4) is 0 Å². The summed E-state index contributed by atoms with van der Waals surface area (Å²) in [7, 11) is 0. The van der Waals surface area contributed by atoms with Crippen molar-refractivity contribution in [3.63, 3.8) is 0 Å². The van der Waals surface area contributed by atoms with Gasteiger partial charge in [-0.05, 0) is 43.0 Å². The number of aliphatic hydroxyl groups is 1. The topological polar surface area (TPSA) is 29.5 Å². The Morgan fingerprint density at radius 3 is 2.33 bits per heavy atom. The van der Waals surface area contributed by atoms with Gasteiger partial charge in [-0.15, -0.1) is 0 Å². The standard InChI is InChI=1S/C18H21FO2/c1-4-12(2)14-8-10-15(11-9-14)21-18-16(13(3)20)6-5-7-17(18)19/h5-13,20H,4H2,1-3H3. The van der Waals surface area contributed by atoms with E-state index in [0.717, 1.165) is 6.42 Å². The number of para-hydroxylation sites is 1. The van der Waals surface area contributed by atoms with Crippen LogP contribution in [-0.2, 0) is 0 Å². The molecule has 0 fully saturated rings. The Balaban J connectivity index is 2.26. The number of hydrogen-bond donors (Lipinski definition) is 1. The number of benzene rings is 2. The maximum absolute atomic E-state index is 13.9. The Bertz CT molecular complexity index is 591. The molecule has 0 saturated heterocycles. The van der Waals surface area contributed by atoms with Gasteiger partial charge in [-0.1, -0.05) is 38.1 Å². The largest absolute Gasteiger partial charge is 0.454 e. The molecule has 0 radical (unpaired) electrons. The van der Waals surface area contributed by atoms with Crippen LogP contribution in [0.5, 0.6) is 11.5 Å². The van der Waals surface area contributed by atoms with E-state index in [0.29, 0.717) is 17.2 Å². The molecule has 2 unspecified atom stereocenters. The van der Waals surface area contributed by atoms with Crippen LogP contribution in [0.2, 0.25) is 0 Å². The van der Waals surface area contributed by atoms with Gasteiger partial charge in [0.05, 0.1) is 6.10 Å². The van der Waals surface area contributed by atoms with E-state index in [2.05, 4.69) is 13.8 Å². The second-order valence-electron chi connectivity index (χ2n) is 5.31. The van der Waals surface area contributed by atoms with Crippen LogP contribution < -0.4 is 4.74 Å². The third-order valence-electron chi connectivity index (χ3n) is 3.73. The van der Waals surface area contributed by atoms with Gasteiger partial charge in [0.25, 0.3) is 0 Å². The van der Waals surface area contributed by atoms with E-state index in [-0.39, 0.29) is 5.75 Å². The fourth-order valence-electron chi connectivity index (χ4n) is 2.18. The van der Waals surface area contributed by atoms with Crippen molar-refractivity contribution < 1.29 is 14.2 Å². The molecular weight excluding hydrogens is 267 g/mol. The van der Waals surface area contributed by atoms with Crippen molar-refractivity contribution in [1.29, 1.82) is 0 Å². The molecule has 0 aliphatic carbocycles. The molecule has 0 saturated carbocycles. The Labute approximate surface area is 125 Å². The van der Waals surface area contributed by atoms with E-state index >= 15 is 0 Å². The predicted octanol–water partition coefficient (Wildman–Crippen LogP) is 5.18. The maximum atomic E-state index is 13.9. The summed E-state index contributed by atoms with van der Waals surface area (Å²) < 4.78 is 19.6. The van der Waals surface area contributed by atoms with Crippen molar-refractivity contribution in [2.24, 2.45) is 0 Å². The van der Waals surface area contributed by atoms with Crippen molar-refractivity contribution in [1.82, 2.24) is 0 Å². The SMILES string of the molecule is CCC(C)c1ccc(Oc2c(F)cccc2C(C)O)cc1. The highest BCUT2D eigenvalue weighted by Crippen LogP contribution is 2.32. The van der Waals surface area contributed by atoms with Crippen LogP contribution in [0.15, 0.2) is 42.5 Å². The zero-order valence-corrected chi connectivity index (χ0v) is 12.6. The third-order valence-corrected chi connectivity index (χ3v) is 3.73. The highest BCUT2D eigenvalue weighted by atomic mass is 19.1. The second-order valence-corrected chi connectivity index (χ2v) is 5.31. The van der Waals surface area contributed by atoms with Gasteiger partial charge in [0, 0.05) is 5.56 Å². The molecule has 0 bridgehead atoms. The molecule has 0 aliphatic rings. The number of rotatable bonds is 5. The average Bonchev–Trinajstić information content (AvgIpc) is 2.49. The first-order valence-electron chi connectivity index (χ1n) is 7.27. The zero-order chi connectivity index (χ0) is 15.4. The summed E-state index contributed by atoms with van der Waals surface area (Å²) in [4.78, 5) is 0. The van der Waals surface area contributed by atoms with Crippen LogP contribution in [0.25, 0.3) is 0 Å². The highest BCUT2D eigenvalue weighted by molar-refractivity contribution is 5.41. The predicted molar refractivity (Wildman–Crippen MR) is 82.3 cm³/mol. The quantitative estimate of drug-likeness (QED) is 0.821. The fourth-order valence-corrected chi connectivity index (χ4v) is 2.18. The van der Waals surface area contributed by atoms with Crippen molar-refractivity contribution in [3.8, 4) is 11.5 Å². The molecule has 1 N–H and O–H groups in total. The number of halogens is 1. The zero-order valence-electron chi connectivity index (χ0n) is 12.6. The van der Waals surface area contributed by atoms with Gasteiger partial charge in [0.2, 0.25) is 0 Å². The minimum Gasteiger partial charge on any atom is -0.454 e. The minimum absolute atomic E-state index is 0.0868. The summed E-state index contributed by atoms with van der Waals surface area (Å²) in [5.74, 6) is 0.665.